The van der Waals surface area contributed by atoms with Gasteiger partial charge in [-0.3, -0.25) is 4.79 Å². The molecular formula is C14H12FN3O2. The smallest absolute Gasteiger partial charge is 0.303 e. The fourth-order valence-corrected chi connectivity index (χ4v) is 1.72. The molecular weight excluding hydrogens is 261 g/mol. The zero-order chi connectivity index (χ0) is 14.5. The van der Waals surface area contributed by atoms with E-state index in [1.54, 1.807) is 23.2 Å². The number of halogens is 1. The van der Waals surface area contributed by atoms with Gasteiger partial charge in [-0.2, -0.15) is 0 Å². The summed E-state index contributed by atoms with van der Waals surface area (Å²) in [4.78, 5) is 17.8. The van der Waals surface area contributed by atoms with Crippen molar-refractivity contribution in [2.75, 3.05) is 0 Å². The lowest BCUT2D eigenvalue weighted by Gasteiger charge is -2.08. The van der Waals surface area contributed by atoms with Crippen LogP contribution in [0.15, 0.2) is 30.7 Å². The number of rotatable bonds is 4. The Balaban J connectivity index is 2.14. The Kier molecular flexibility index (Phi) is 4.11. The quantitative estimate of drug-likeness (QED) is 0.635. The van der Waals surface area contributed by atoms with Crippen LogP contribution in [0.2, 0.25) is 0 Å². The van der Waals surface area contributed by atoms with E-state index in [0.717, 1.165) is 5.69 Å². The summed E-state index contributed by atoms with van der Waals surface area (Å²) < 4.78 is 20.2. The van der Waals surface area contributed by atoms with Gasteiger partial charge in [0.2, 0.25) is 5.69 Å². The Morgan fingerprint density at radius 2 is 2.35 bits per heavy atom. The molecule has 1 aromatic carbocycles. The van der Waals surface area contributed by atoms with E-state index in [1.807, 2.05) is 0 Å². The molecule has 0 saturated heterocycles. The minimum absolute atomic E-state index is 0.000447. The van der Waals surface area contributed by atoms with Gasteiger partial charge in [0.15, 0.2) is 0 Å². The molecule has 0 aliphatic rings. The first-order valence-corrected chi connectivity index (χ1v) is 5.88. The number of hydrogen-bond acceptors (Lipinski definition) is 3. The normalized spacial score (nSPS) is 10.1. The monoisotopic (exact) mass is 273 g/mol. The molecule has 0 unspecified atom stereocenters. The average Bonchev–Trinajstić information content (AvgIpc) is 2.84. The summed E-state index contributed by atoms with van der Waals surface area (Å²) in [6, 6.07) is 4.45. The van der Waals surface area contributed by atoms with Crippen molar-refractivity contribution in [1.29, 1.82) is 0 Å². The highest BCUT2D eigenvalue weighted by atomic mass is 19.1. The predicted molar refractivity (Wildman–Crippen MR) is 69.5 cm³/mol. The van der Waals surface area contributed by atoms with Crippen LogP contribution < -0.4 is 0 Å². The summed E-state index contributed by atoms with van der Waals surface area (Å²) in [5.74, 6) is -0.913. The largest absolute Gasteiger partial charge is 0.459 e. The van der Waals surface area contributed by atoms with Gasteiger partial charge >= 0.3 is 5.97 Å². The second kappa shape index (κ2) is 5.97. The van der Waals surface area contributed by atoms with Crippen molar-refractivity contribution in [3.63, 3.8) is 0 Å². The Bertz CT molecular complexity index is 673. The summed E-state index contributed by atoms with van der Waals surface area (Å²) in [5, 5.41) is 0. The molecule has 0 aliphatic heterocycles. The van der Waals surface area contributed by atoms with Gasteiger partial charge in [0.25, 0.3) is 0 Å². The van der Waals surface area contributed by atoms with Gasteiger partial charge < -0.3 is 9.30 Å². The summed E-state index contributed by atoms with van der Waals surface area (Å²) in [7, 11) is 0. The number of aromatic nitrogens is 2. The second-order valence-electron chi connectivity index (χ2n) is 4.19. The number of ether oxygens (including phenoxy) is 1. The third-order valence-corrected chi connectivity index (χ3v) is 2.71. The van der Waals surface area contributed by atoms with Crippen molar-refractivity contribution in [1.82, 2.24) is 9.55 Å². The summed E-state index contributed by atoms with van der Waals surface area (Å²) in [5.41, 5.74) is 1.42. The number of nitrogens with zero attached hydrogens (tertiary/aromatic N) is 3. The van der Waals surface area contributed by atoms with Crippen LogP contribution in [-0.2, 0) is 22.7 Å². The minimum Gasteiger partial charge on any atom is -0.459 e. The van der Waals surface area contributed by atoms with Gasteiger partial charge in [0, 0.05) is 13.5 Å². The molecule has 0 fully saturated rings. The molecule has 0 amide bonds. The van der Waals surface area contributed by atoms with Gasteiger partial charge in [-0.15, -0.1) is 0 Å². The molecule has 102 valence electrons. The molecule has 1 heterocycles. The first-order chi connectivity index (χ1) is 9.60. The highest BCUT2D eigenvalue weighted by molar-refractivity contribution is 5.65. The lowest BCUT2D eigenvalue weighted by molar-refractivity contribution is -0.142. The first-order valence-electron chi connectivity index (χ1n) is 5.88. The van der Waals surface area contributed by atoms with Crippen molar-refractivity contribution in [2.45, 2.75) is 20.1 Å². The molecule has 1 aromatic heterocycles. The zero-order valence-electron chi connectivity index (χ0n) is 10.8. The van der Waals surface area contributed by atoms with E-state index in [9.17, 15) is 9.18 Å². The van der Waals surface area contributed by atoms with Crippen LogP contribution in [0.5, 0.6) is 0 Å². The maximum atomic E-state index is 13.5. The second-order valence-corrected chi connectivity index (χ2v) is 4.19. The van der Waals surface area contributed by atoms with Crippen molar-refractivity contribution in [2.24, 2.45) is 0 Å². The number of carbonyl (C=O) groups is 1. The molecule has 2 aromatic rings. The molecule has 0 radical (unpaired) electrons. The van der Waals surface area contributed by atoms with Crippen LogP contribution >= 0.6 is 0 Å². The van der Waals surface area contributed by atoms with Crippen LogP contribution in [0, 0.1) is 12.4 Å². The molecule has 0 saturated carbocycles. The Morgan fingerprint density at radius 1 is 1.55 bits per heavy atom. The first kappa shape index (κ1) is 13.7. The fourth-order valence-electron chi connectivity index (χ4n) is 1.72. The third-order valence-electron chi connectivity index (χ3n) is 2.71. The van der Waals surface area contributed by atoms with Crippen LogP contribution in [0.25, 0.3) is 4.85 Å². The van der Waals surface area contributed by atoms with Crippen molar-refractivity contribution < 1.29 is 13.9 Å². The van der Waals surface area contributed by atoms with E-state index in [2.05, 4.69) is 9.83 Å². The highest BCUT2D eigenvalue weighted by Gasteiger charge is 2.07. The van der Waals surface area contributed by atoms with Gasteiger partial charge in [-0.05, 0) is 11.6 Å². The maximum Gasteiger partial charge on any atom is 0.303 e. The minimum atomic E-state index is -0.542. The molecule has 5 nitrogen and oxygen atoms in total. The molecule has 2 rings (SSSR count). The van der Waals surface area contributed by atoms with Crippen molar-refractivity contribution in [3.8, 4) is 0 Å². The molecule has 0 N–H and O–H groups in total. The van der Waals surface area contributed by atoms with E-state index in [1.165, 1.54) is 19.1 Å². The van der Waals surface area contributed by atoms with Gasteiger partial charge in [-0.1, -0.05) is 12.1 Å². The summed E-state index contributed by atoms with van der Waals surface area (Å²) >= 11 is 0. The lowest BCUT2D eigenvalue weighted by atomic mass is 10.2. The molecule has 6 heteroatoms. The van der Waals surface area contributed by atoms with Crippen LogP contribution in [0.4, 0.5) is 10.1 Å². The average molecular weight is 273 g/mol. The molecule has 0 atom stereocenters. The van der Waals surface area contributed by atoms with Crippen LogP contribution in [-0.4, -0.2) is 15.5 Å². The molecule has 0 aliphatic carbocycles. The van der Waals surface area contributed by atoms with Crippen LogP contribution in [0.1, 0.15) is 18.2 Å². The number of imidazole rings is 1. The number of hydrogen-bond donors (Lipinski definition) is 0. The third kappa shape index (κ3) is 3.20. The van der Waals surface area contributed by atoms with Gasteiger partial charge in [0.1, 0.15) is 12.4 Å². The topological polar surface area (TPSA) is 48.5 Å². The lowest BCUT2D eigenvalue weighted by Crippen LogP contribution is -2.07. The highest BCUT2D eigenvalue weighted by Crippen LogP contribution is 2.19. The predicted octanol–water partition coefficient (Wildman–Crippen LogP) is 2.68. The Morgan fingerprint density at radius 3 is 3.00 bits per heavy atom. The molecule has 0 spiro atoms. The fraction of sp³-hybridized carbons (Fsp3) is 0.214. The Labute approximate surface area is 115 Å². The van der Waals surface area contributed by atoms with Gasteiger partial charge in [-0.25, -0.2) is 14.2 Å². The van der Waals surface area contributed by atoms with E-state index < -0.39 is 5.82 Å². The zero-order valence-corrected chi connectivity index (χ0v) is 10.8. The van der Waals surface area contributed by atoms with Crippen LogP contribution in [0.3, 0.4) is 0 Å². The Hall–Kier alpha value is -2.68. The SMILES string of the molecule is [C-]#[N+]c1ccc(Cn2cncc2COC(C)=O)cc1F. The molecule has 20 heavy (non-hydrogen) atoms. The van der Waals surface area contributed by atoms with Crippen molar-refractivity contribution >= 4 is 11.7 Å². The number of esters is 1. The van der Waals surface area contributed by atoms with E-state index >= 15 is 0 Å². The van der Waals surface area contributed by atoms with Gasteiger partial charge in [0.05, 0.1) is 24.8 Å². The number of carbonyl (C=O) groups excluding carboxylic acids is 1. The standard InChI is InChI=1S/C14H12FN3O2/c1-10(19)20-8-12-6-17-9-18(12)7-11-3-4-14(16-2)13(15)5-11/h3-6,9H,7-8H2,1H3. The summed E-state index contributed by atoms with van der Waals surface area (Å²) in [6.45, 7) is 8.65. The molecule has 0 bridgehead atoms. The van der Waals surface area contributed by atoms with E-state index in [0.29, 0.717) is 12.1 Å². The maximum absolute atomic E-state index is 13.5. The van der Waals surface area contributed by atoms with E-state index in [4.69, 9.17) is 11.3 Å². The number of benzene rings is 1. The van der Waals surface area contributed by atoms with Crippen molar-refractivity contribution in [3.05, 3.63) is 59.2 Å². The van der Waals surface area contributed by atoms with E-state index in [-0.39, 0.29) is 18.3 Å². The summed E-state index contributed by atoms with van der Waals surface area (Å²) in [6.07, 6.45) is 3.17.